The predicted octanol–water partition coefficient (Wildman–Crippen LogP) is 2.15. The van der Waals surface area contributed by atoms with Gasteiger partial charge in [-0.1, -0.05) is 18.2 Å². The number of hydrogen-bond donors (Lipinski definition) is 0. The van der Waals surface area contributed by atoms with Crippen LogP contribution in [0.3, 0.4) is 0 Å². The van der Waals surface area contributed by atoms with Gasteiger partial charge < -0.3 is 4.74 Å². The Hall–Kier alpha value is -3.29. The van der Waals surface area contributed by atoms with E-state index in [2.05, 4.69) is 15.5 Å². The van der Waals surface area contributed by atoms with Gasteiger partial charge in [0.1, 0.15) is 18.7 Å². The summed E-state index contributed by atoms with van der Waals surface area (Å²) in [6.45, 7) is 0.107. The van der Waals surface area contributed by atoms with Gasteiger partial charge in [-0.15, -0.1) is 5.10 Å². The summed E-state index contributed by atoms with van der Waals surface area (Å²) in [7, 11) is 0. The van der Waals surface area contributed by atoms with Gasteiger partial charge in [0.25, 0.3) is 5.69 Å². The van der Waals surface area contributed by atoms with Crippen LogP contribution in [0.4, 0.5) is 5.69 Å². The molecule has 3 rings (SSSR count). The van der Waals surface area contributed by atoms with Crippen molar-refractivity contribution in [3.8, 4) is 11.4 Å². The molecular weight excluding hydrogens is 286 g/mol. The monoisotopic (exact) mass is 297 g/mol. The molecule has 0 bridgehead atoms. The second kappa shape index (κ2) is 6.00. The average molecular weight is 297 g/mol. The molecule has 0 unspecified atom stereocenters. The number of benzene rings is 2. The molecule has 0 N–H and O–H groups in total. The van der Waals surface area contributed by atoms with Crippen LogP contribution in [0.25, 0.3) is 5.69 Å². The Balaban J connectivity index is 1.78. The van der Waals surface area contributed by atoms with Crippen LogP contribution >= 0.6 is 0 Å². The number of nitro benzene ring substituents is 1. The first kappa shape index (κ1) is 13.7. The van der Waals surface area contributed by atoms with Gasteiger partial charge >= 0.3 is 0 Å². The molecule has 0 aliphatic heterocycles. The van der Waals surface area contributed by atoms with Gasteiger partial charge in [0, 0.05) is 12.1 Å². The van der Waals surface area contributed by atoms with E-state index in [9.17, 15) is 10.1 Å². The Labute approximate surface area is 125 Å². The van der Waals surface area contributed by atoms with Crippen LogP contribution in [0.15, 0.2) is 54.9 Å². The Kier molecular flexibility index (Phi) is 3.73. The van der Waals surface area contributed by atoms with E-state index in [1.807, 2.05) is 6.07 Å². The lowest BCUT2D eigenvalue weighted by molar-refractivity contribution is -0.385. The molecule has 1 heterocycles. The van der Waals surface area contributed by atoms with Gasteiger partial charge in [-0.25, -0.2) is 4.68 Å². The zero-order valence-corrected chi connectivity index (χ0v) is 11.4. The van der Waals surface area contributed by atoms with Gasteiger partial charge in [0.2, 0.25) is 0 Å². The molecule has 0 fully saturated rings. The summed E-state index contributed by atoms with van der Waals surface area (Å²) >= 11 is 0. The summed E-state index contributed by atoms with van der Waals surface area (Å²) in [4.78, 5) is 10.5. The second-order valence-corrected chi connectivity index (χ2v) is 4.43. The van der Waals surface area contributed by atoms with Crippen molar-refractivity contribution in [2.45, 2.75) is 6.61 Å². The minimum Gasteiger partial charge on any atom is -0.489 e. The zero-order chi connectivity index (χ0) is 15.4. The van der Waals surface area contributed by atoms with Crippen LogP contribution in [-0.4, -0.2) is 25.1 Å². The number of aromatic nitrogens is 4. The molecule has 3 aromatic rings. The lowest BCUT2D eigenvalue weighted by Crippen LogP contribution is -2.01. The van der Waals surface area contributed by atoms with Crippen molar-refractivity contribution >= 4 is 5.69 Å². The van der Waals surface area contributed by atoms with Crippen molar-refractivity contribution in [1.82, 2.24) is 20.2 Å². The topological polar surface area (TPSA) is 96.0 Å². The largest absolute Gasteiger partial charge is 0.489 e. The van der Waals surface area contributed by atoms with E-state index in [-0.39, 0.29) is 12.3 Å². The van der Waals surface area contributed by atoms with E-state index in [4.69, 9.17) is 4.74 Å². The predicted molar refractivity (Wildman–Crippen MR) is 76.6 cm³/mol. The maximum Gasteiger partial charge on any atom is 0.276 e. The molecule has 1 aromatic heterocycles. The molecule has 8 nitrogen and oxygen atoms in total. The maximum atomic E-state index is 11.0. The molecule has 8 heteroatoms. The third kappa shape index (κ3) is 2.90. The van der Waals surface area contributed by atoms with Crippen LogP contribution < -0.4 is 4.74 Å². The first-order valence-corrected chi connectivity index (χ1v) is 6.42. The fraction of sp³-hybridized carbons (Fsp3) is 0.0714. The van der Waals surface area contributed by atoms with Gasteiger partial charge in [-0.3, -0.25) is 10.1 Å². The first-order valence-electron chi connectivity index (χ1n) is 6.42. The number of nitro groups is 1. The van der Waals surface area contributed by atoms with Crippen molar-refractivity contribution < 1.29 is 9.66 Å². The third-order valence-corrected chi connectivity index (χ3v) is 3.01. The lowest BCUT2D eigenvalue weighted by Gasteiger charge is -2.08. The first-order chi connectivity index (χ1) is 10.7. The van der Waals surface area contributed by atoms with Gasteiger partial charge in [-0.05, 0) is 28.6 Å². The summed E-state index contributed by atoms with van der Waals surface area (Å²) in [6.07, 6.45) is 1.47. The molecule has 0 atom stereocenters. The van der Waals surface area contributed by atoms with Gasteiger partial charge in [0.15, 0.2) is 0 Å². The molecule has 2 aromatic carbocycles. The molecule has 0 saturated carbocycles. The number of nitrogens with zero attached hydrogens (tertiary/aromatic N) is 5. The van der Waals surface area contributed by atoms with Crippen LogP contribution in [0.2, 0.25) is 0 Å². The molecule has 22 heavy (non-hydrogen) atoms. The molecule has 0 spiro atoms. The minimum absolute atomic E-state index is 0.0409. The summed E-state index contributed by atoms with van der Waals surface area (Å²) in [5.74, 6) is 0.575. The Morgan fingerprint density at radius 1 is 1.18 bits per heavy atom. The summed E-state index contributed by atoms with van der Waals surface area (Å²) in [5.41, 5.74) is 1.30. The smallest absolute Gasteiger partial charge is 0.276 e. The molecule has 110 valence electrons. The van der Waals surface area contributed by atoms with Crippen LogP contribution in [0, 0.1) is 10.1 Å². The summed E-state index contributed by atoms with van der Waals surface area (Å²) in [6, 6.07) is 13.6. The molecule has 0 amide bonds. The number of rotatable bonds is 5. The number of tetrazole rings is 1. The molecule has 0 aliphatic carbocycles. The fourth-order valence-corrected chi connectivity index (χ4v) is 1.97. The van der Waals surface area contributed by atoms with Gasteiger partial charge in [-0.2, -0.15) is 0 Å². The zero-order valence-electron chi connectivity index (χ0n) is 11.4. The highest BCUT2D eigenvalue weighted by Crippen LogP contribution is 2.21. The summed E-state index contributed by atoms with van der Waals surface area (Å²) in [5, 5.41) is 21.9. The molecular formula is C14H11N5O3. The van der Waals surface area contributed by atoms with E-state index in [0.717, 1.165) is 5.69 Å². The molecule has 0 saturated heterocycles. The van der Waals surface area contributed by atoms with Crippen LogP contribution in [-0.2, 0) is 6.61 Å². The lowest BCUT2D eigenvalue weighted by atomic mass is 10.2. The maximum absolute atomic E-state index is 11.0. The number of ether oxygens (including phenoxy) is 1. The van der Waals surface area contributed by atoms with Crippen molar-refractivity contribution in [2.24, 2.45) is 0 Å². The third-order valence-electron chi connectivity index (χ3n) is 3.01. The number of hydrogen-bond acceptors (Lipinski definition) is 6. The van der Waals surface area contributed by atoms with E-state index in [1.165, 1.54) is 17.1 Å². The quantitative estimate of drug-likeness (QED) is 0.529. The van der Waals surface area contributed by atoms with E-state index >= 15 is 0 Å². The summed E-state index contributed by atoms with van der Waals surface area (Å²) < 4.78 is 7.13. The SMILES string of the molecule is O=[N+]([O-])c1ccccc1COc1cccc(-n2cnnn2)c1. The van der Waals surface area contributed by atoms with E-state index < -0.39 is 4.92 Å². The number of para-hydroxylation sites is 1. The Bertz CT molecular complexity index is 789. The highest BCUT2D eigenvalue weighted by atomic mass is 16.6. The van der Waals surface area contributed by atoms with Crippen molar-refractivity contribution in [1.29, 1.82) is 0 Å². The fourth-order valence-electron chi connectivity index (χ4n) is 1.97. The molecule has 0 aliphatic rings. The Morgan fingerprint density at radius 3 is 2.82 bits per heavy atom. The van der Waals surface area contributed by atoms with Crippen molar-refractivity contribution in [3.05, 3.63) is 70.5 Å². The standard InChI is InChI=1S/C14H11N5O3/c20-19(21)14-7-2-1-4-11(14)9-22-13-6-3-5-12(8-13)18-10-15-16-17-18/h1-8,10H,9H2. The normalized spacial score (nSPS) is 10.4. The average Bonchev–Trinajstić information content (AvgIpc) is 3.08. The molecule has 0 radical (unpaired) electrons. The highest BCUT2D eigenvalue weighted by Gasteiger charge is 2.12. The van der Waals surface area contributed by atoms with Crippen LogP contribution in [0.5, 0.6) is 5.75 Å². The van der Waals surface area contributed by atoms with Crippen LogP contribution in [0.1, 0.15) is 5.56 Å². The van der Waals surface area contributed by atoms with Crippen molar-refractivity contribution in [2.75, 3.05) is 0 Å². The van der Waals surface area contributed by atoms with E-state index in [1.54, 1.807) is 36.4 Å². The van der Waals surface area contributed by atoms with Crippen molar-refractivity contribution in [3.63, 3.8) is 0 Å². The highest BCUT2D eigenvalue weighted by molar-refractivity contribution is 5.41. The minimum atomic E-state index is -0.420. The Morgan fingerprint density at radius 2 is 2.05 bits per heavy atom. The van der Waals surface area contributed by atoms with Gasteiger partial charge in [0.05, 0.1) is 16.2 Å². The van der Waals surface area contributed by atoms with E-state index in [0.29, 0.717) is 11.3 Å². The second-order valence-electron chi connectivity index (χ2n) is 4.43.